The van der Waals surface area contributed by atoms with Crippen LogP contribution in [0.3, 0.4) is 0 Å². The molecule has 30 heavy (non-hydrogen) atoms. The van der Waals surface area contributed by atoms with Crippen molar-refractivity contribution < 1.29 is 14.2 Å². The molecule has 0 N–H and O–H groups in total. The van der Waals surface area contributed by atoms with Gasteiger partial charge in [0.2, 0.25) is 0 Å². The van der Waals surface area contributed by atoms with Gasteiger partial charge in [-0.15, -0.1) is 0 Å². The maximum Gasteiger partial charge on any atom is 0.161 e. The van der Waals surface area contributed by atoms with Crippen molar-refractivity contribution in [2.75, 3.05) is 48.6 Å². The molecular weight excluding hydrogens is 378 g/mol. The van der Waals surface area contributed by atoms with Crippen molar-refractivity contribution in [3.8, 4) is 17.2 Å². The van der Waals surface area contributed by atoms with E-state index in [4.69, 9.17) is 14.2 Å². The minimum Gasteiger partial charge on any atom is -0.497 e. The zero-order chi connectivity index (χ0) is 21.0. The fraction of sp³-hybridized carbons (Fsp3) is 0.417. The fourth-order valence-electron chi connectivity index (χ4n) is 5.07. The molecule has 0 aliphatic carbocycles. The van der Waals surface area contributed by atoms with Gasteiger partial charge < -0.3 is 14.2 Å². The van der Waals surface area contributed by atoms with E-state index in [-0.39, 0.29) is 0 Å². The number of benzene rings is 3. The first kappa shape index (κ1) is 19.4. The van der Waals surface area contributed by atoms with Gasteiger partial charge in [0.15, 0.2) is 11.5 Å². The van der Waals surface area contributed by atoms with Gasteiger partial charge in [0.25, 0.3) is 0 Å². The van der Waals surface area contributed by atoms with Crippen LogP contribution in [-0.4, -0.2) is 69.6 Å². The summed E-state index contributed by atoms with van der Waals surface area (Å²) in [5.41, 5.74) is 2.86. The number of nitrogens with zero attached hydrogens (tertiary/aromatic N) is 3. The molecule has 6 nitrogen and oxygen atoms in total. The zero-order valence-electron chi connectivity index (χ0n) is 18.4. The van der Waals surface area contributed by atoms with E-state index in [1.54, 1.807) is 21.3 Å². The molecule has 158 valence electrons. The van der Waals surface area contributed by atoms with Crippen molar-refractivity contribution in [2.45, 2.75) is 19.0 Å². The molecule has 0 saturated carbocycles. The summed E-state index contributed by atoms with van der Waals surface area (Å²) in [7, 11) is 9.36. The van der Waals surface area contributed by atoms with Crippen molar-refractivity contribution >= 4 is 21.5 Å². The average Bonchev–Trinajstić information content (AvgIpc) is 3.20. The summed E-state index contributed by atoms with van der Waals surface area (Å²) < 4.78 is 16.8. The summed E-state index contributed by atoms with van der Waals surface area (Å²) in [4.78, 5) is 2.60. The van der Waals surface area contributed by atoms with Crippen molar-refractivity contribution in [3.05, 3.63) is 41.5 Å². The van der Waals surface area contributed by atoms with Crippen LogP contribution in [0, 0.1) is 0 Å². The fourth-order valence-corrected chi connectivity index (χ4v) is 5.07. The summed E-state index contributed by atoms with van der Waals surface area (Å²) in [5.74, 6) is 2.40. The van der Waals surface area contributed by atoms with Gasteiger partial charge in [-0.25, -0.2) is 10.0 Å². The maximum atomic E-state index is 5.65. The lowest BCUT2D eigenvalue weighted by Crippen LogP contribution is -2.37. The van der Waals surface area contributed by atoms with E-state index in [1.165, 1.54) is 32.7 Å². The highest BCUT2D eigenvalue weighted by Gasteiger charge is 2.36. The van der Waals surface area contributed by atoms with Crippen molar-refractivity contribution in [1.29, 1.82) is 0 Å². The van der Waals surface area contributed by atoms with Gasteiger partial charge in [0, 0.05) is 33.2 Å². The summed E-state index contributed by atoms with van der Waals surface area (Å²) in [6.45, 7) is 2.98. The highest BCUT2D eigenvalue weighted by molar-refractivity contribution is 6.12. The first-order valence-electron chi connectivity index (χ1n) is 10.4. The number of hydrogen-bond donors (Lipinski definition) is 0. The Labute approximate surface area is 177 Å². The Morgan fingerprint density at radius 2 is 1.53 bits per heavy atom. The van der Waals surface area contributed by atoms with E-state index in [0.29, 0.717) is 6.04 Å². The van der Waals surface area contributed by atoms with Crippen molar-refractivity contribution in [1.82, 2.24) is 14.9 Å². The average molecular weight is 408 g/mol. The monoisotopic (exact) mass is 407 g/mol. The van der Waals surface area contributed by atoms with E-state index in [0.717, 1.165) is 43.4 Å². The number of rotatable bonds is 4. The Morgan fingerprint density at radius 1 is 0.833 bits per heavy atom. The van der Waals surface area contributed by atoms with Gasteiger partial charge in [0.05, 0.1) is 28.0 Å². The van der Waals surface area contributed by atoms with Crippen LogP contribution in [0.15, 0.2) is 30.3 Å². The van der Waals surface area contributed by atoms with E-state index in [2.05, 4.69) is 59.3 Å². The predicted molar refractivity (Wildman–Crippen MR) is 119 cm³/mol. The quantitative estimate of drug-likeness (QED) is 0.617. The Kier molecular flexibility index (Phi) is 4.73. The SMILES string of the molecule is COc1ccc2c3c(c4cc(OC)c(OC)cc4c2c1)C[C@@H]1CN(N(C)C)CN1C3. The molecule has 1 saturated heterocycles. The van der Waals surface area contributed by atoms with Crippen molar-refractivity contribution in [2.24, 2.45) is 0 Å². The lowest BCUT2D eigenvalue weighted by Gasteiger charge is -2.32. The molecule has 2 aliphatic heterocycles. The molecule has 2 aliphatic rings. The standard InChI is InChI=1S/C24H29N3O3/c1-25(2)27-12-15-8-18-20-10-23(29-4)24(30-5)11-21(20)19-9-16(28-3)6-7-17(19)22(18)13-26(15)14-27/h6-7,9-11,15H,8,12-14H2,1-5H3/t15-/m1/s1. The van der Waals surface area contributed by atoms with Crippen LogP contribution in [0.1, 0.15) is 11.1 Å². The molecule has 6 heteroatoms. The number of hydrazine groups is 1. The van der Waals surface area contributed by atoms with Gasteiger partial charge in [-0.2, -0.15) is 0 Å². The van der Waals surface area contributed by atoms with Crippen LogP contribution in [0.4, 0.5) is 0 Å². The molecular formula is C24H29N3O3. The number of hydrogen-bond acceptors (Lipinski definition) is 6. The molecule has 0 unspecified atom stereocenters. The molecule has 3 aromatic rings. The second-order valence-corrected chi connectivity index (χ2v) is 8.40. The largest absolute Gasteiger partial charge is 0.497 e. The smallest absolute Gasteiger partial charge is 0.161 e. The molecule has 0 radical (unpaired) electrons. The van der Waals surface area contributed by atoms with Gasteiger partial charge in [0.1, 0.15) is 5.75 Å². The number of methoxy groups -OCH3 is 3. The van der Waals surface area contributed by atoms with Crippen LogP contribution in [0.2, 0.25) is 0 Å². The van der Waals surface area contributed by atoms with E-state index in [9.17, 15) is 0 Å². The first-order valence-corrected chi connectivity index (χ1v) is 10.4. The summed E-state index contributed by atoms with van der Waals surface area (Å²) in [6, 6.07) is 11.2. The molecule has 0 aromatic heterocycles. The molecule has 0 bridgehead atoms. The predicted octanol–water partition coefficient (Wildman–Crippen LogP) is 3.50. The third kappa shape index (κ3) is 2.90. The third-order valence-electron chi connectivity index (χ3n) is 6.70. The Hall–Kier alpha value is -2.54. The van der Waals surface area contributed by atoms with Gasteiger partial charge in [-0.3, -0.25) is 4.90 Å². The molecule has 1 atom stereocenters. The van der Waals surface area contributed by atoms with E-state index >= 15 is 0 Å². The summed E-state index contributed by atoms with van der Waals surface area (Å²) in [6.07, 6.45) is 1.04. The second kappa shape index (κ2) is 7.30. The lowest BCUT2D eigenvalue weighted by atomic mass is 9.85. The van der Waals surface area contributed by atoms with Crippen LogP contribution in [0.5, 0.6) is 17.2 Å². The molecule has 0 amide bonds. The first-order chi connectivity index (χ1) is 14.5. The molecule has 5 rings (SSSR count). The maximum absolute atomic E-state index is 5.65. The molecule has 3 aromatic carbocycles. The Bertz CT molecular complexity index is 1130. The second-order valence-electron chi connectivity index (χ2n) is 8.40. The molecule has 2 heterocycles. The third-order valence-corrected chi connectivity index (χ3v) is 6.70. The highest BCUT2D eigenvalue weighted by Crippen LogP contribution is 2.43. The summed E-state index contributed by atoms with van der Waals surface area (Å²) >= 11 is 0. The van der Waals surface area contributed by atoms with Crippen LogP contribution in [-0.2, 0) is 13.0 Å². The van der Waals surface area contributed by atoms with E-state index < -0.39 is 0 Å². The van der Waals surface area contributed by atoms with Crippen LogP contribution >= 0.6 is 0 Å². The van der Waals surface area contributed by atoms with Gasteiger partial charge >= 0.3 is 0 Å². The highest BCUT2D eigenvalue weighted by atomic mass is 16.5. The number of fused-ring (bicyclic) bond motifs is 7. The summed E-state index contributed by atoms with van der Waals surface area (Å²) in [5, 5.41) is 9.56. The van der Waals surface area contributed by atoms with Crippen LogP contribution < -0.4 is 14.2 Å². The Morgan fingerprint density at radius 3 is 2.20 bits per heavy atom. The molecule has 1 fully saturated rings. The normalized spacial score (nSPS) is 19.3. The minimum absolute atomic E-state index is 0.520. The lowest BCUT2D eigenvalue weighted by molar-refractivity contribution is 0.0329. The van der Waals surface area contributed by atoms with E-state index in [1.807, 2.05) is 0 Å². The topological polar surface area (TPSA) is 37.4 Å². The molecule has 0 spiro atoms. The van der Waals surface area contributed by atoms with Gasteiger partial charge in [-0.05, 0) is 63.4 Å². The number of ether oxygens (including phenoxy) is 3. The zero-order valence-corrected chi connectivity index (χ0v) is 18.4. The van der Waals surface area contributed by atoms with Crippen molar-refractivity contribution in [3.63, 3.8) is 0 Å². The van der Waals surface area contributed by atoms with Crippen LogP contribution in [0.25, 0.3) is 21.5 Å². The minimum atomic E-state index is 0.520. The van der Waals surface area contributed by atoms with Gasteiger partial charge in [-0.1, -0.05) is 6.07 Å². The Balaban J connectivity index is 1.77.